The van der Waals surface area contributed by atoms with E-state index in [2.05, 4.69) is 27.3 Å². The third-order valence-electron chi connectivity index (χ3n) is 5.28. The first-order chi connectivity index (χ1) is 13.4. The van der Waals surface area contributed by atoms with E-state index in [-0.39, 0.29) is 6.04 Å². The van der Waals surface area contributed by atoms with E-state index in [1.165, 1.54) is 10.5 Å². The van der Waals surface area contributed by atoms with E-state index in [9.17, 15) is 18.0 Å². The molecule has 0 radical (unpaired) electrons. The van der Waals surface area contributed by atoms with Gasteiger partial charge in [-0.1, -0.05) is 35.5 Å². The van der Waals surface area contributed by atoms with Crippen molar-refractivity contribution >= 4 is 5.91 Å². The maximum absolute atomic E-state index is 13.5. The van der Waals surface area contributed by atoms with Crippen LogP contribution in [0.1, 0.15) is 40.6 Å². The highest BCUT2D eigenvalue weighted by molar-refractivity contribution is 5.93. The van der Waals surface area contributed by atoms with Gasteiger partial charge in [0.1, 0.15) is 0 Å². The topological polar surface area (TPSA) is 54.3 Å². The Hall–Kier alpha value is -2.42. The van der Waals surface area contributed by atoms with Gasteiger partial charge in [-0.25, -0.2) is 4.68 Å². The Morgan fingerprint density at radius 3 is 2.36 bits per heavy atom. The number of rotatable bonds is 5. The van der Waals surface area contributed by atoms with Gasteiger partial charge in [0.2, 0.25) is 0 Å². The second-order valence-electron chi connectivity index (χ2n) is 7.33. The van der Waals surface area contributed by atoms with Crippen molar-refractivity contribution in [1.82, 2.24) is 24.8 Å². The molecule has 0 N–H and O–H groups in total. The zero-order chi connectivity index (χ0) is 19.7. The second kappa shape index (κ2) is 7.54. The number of halogens is 3. The standard InChI is InChI=1S/C19H22F3N5O/c20-19(21,22)17-16(23-24-27(17)15-6-7-15)18(28)26-12-10-25(11-13-26)9-8-14-4-2-1-3-5-14/h1-5,15H,6-13H2. The Morgan fingerprint density at radius 1 is 1.07 bits per heavy atom. The molecule has 2 aromatic rings. The Bertz CT molecular complexity index is 824. The van der Waals surface area contributed by atoms with Crippen molar-refractivity contribution in [2.24, 2.45) is 0 Å². The maximum Gasteiger partial charge on any atom is 0.435 e. The van der Waals surface area contributed by atoms with Crippen LogP contribution in [-0.2, 0) is 12.6 Å². The minimum atomic E-state index is -4.64. The molecule has 0 spiro atoms. The van der Waals surface area contributed by atoms with Crippen molar-refractivity contribution in [2.75, 3.05) is 32.7 Å². The molecular formula is C19H22F3N5O. The summed E-state index contributed by atoms with van der Waals surface area (Å²) in [5.41, 5.74) is -0.337. The van der Waals surface area contributed by atoms with Crippen LogP contribution >= 0.6 is 0 Å². The Kier molecular flexibility index (Phi) is 5.09. The molecule has 9 heteroatoms. The zero-order valence-electron chi connectivity index (χ0n) is 15.4. The summed E-state index contributed by atoms with van der Waals surface area (Å²) < 4.78 is 41.4. The molecule has 0 atom stereocenters. The molecule has 1 aromatic carbocycles. The van der Waals surface area contributed by atoms with Crippen LogP contribution in [0.25, 0.3) is 0 Å². The van der Waals surface area contributed by atoms with Gasteiger partial charge < -0.3 is 4.90 Å². The average molecular weight is 393 g/mol. The number of carbonyl (C=O) groups excluding carboxylic acids is 1. The first-order valence-corrected chi connectivity index (χ1v) is 9.51. The molecule has 4 rings (SSSR count). The van der Waals surface area contributed by atoms with E-state index in [0.717, 1.165) is 17.6 Å². The summed E-state index contributed by atoms with van der Waals surface area (Å²) in [6.45, 7) is 2.91. The predicted molar refractivity (Wildman–Crippen MR) is 95.8 cm³/mol. The van der Waals surface area contributed by atoms with Crippen molar-refractivity contribution in [1.29, 1.82) is 0 Å². The summed E-state index contributed by atoms with van der Waals surface area (Å²) >= 11 is 0. The Labute approximate surface area is 160 Å². The fourth-order valence-electron chi connectivity index (χ4n) is 3.53. The largest absolute Gasteiger partial charge is 0.435 e. The minimum Gasteiger partial charge on any atom is -0.335 e. The lowest BCUT2D eigenvalue weighted by molar-refractivity contribution is -0.144. The SMILES string of the molecule is O=C(c1nnn(C2CC2)c1C(F)(F)F)N1CCN(CCc2ccccc2)CC1. The van der Waals surface area contributed by atoms with Crippen LogP contribution in [0, 0.1) is 0 Å². The second-order valence-corrected chi connectivity index (χ2v) is 7.33. The monoisotopic (exact) mass is 393 g/mol. The van der Waals surface area contributed by atoms with Gasteiger partial charge in [-0.15, -0.1) is 5.10 Å². The number of aromatic nitrogens is 3. The predicted octanol–water partition coefficient (Wildman–Crippen LogP) is 2.63. The summed E-state index contributed by atoms with van der Waals surface area (Å²) in [4.78, 5) is 16.4. The molecule has 1 amide bonds. The van der Waals surface area contributed by atoms with Crippen molar-refractivity contribution in [3.8, 4) is 0 Å². The summed E-state index contributed by atoms with van der Waals surface area (Å²) in [7, 11) is 0. The molecule has 2 fully saturated rings. The van der Waals surface area contributed by atoms with Gasteiger partial charge in [-0.2, -0.15) is 13.2 Å². The van der Waals surface area contributed by atoms with Crippen LogP contribution in [0.2, 0.25) is 0 Å². The van der Waals surface area contributed by atoms with E-state index in [4.69, 9.17) is 0 Å². The van der Waals surface area contributed by atoms with Crippen molar-refractivity contribution in [2.45, 2.75) is 31.5 Å². The molecule has 28 heavy (non-hydrogen) atoms. The number of carbonyl (C=O) groups is 1. The van der Waals surface area contributed by atoms with Crippen molar-refractivity contribution in [3.05, 3.63) is 47.3 Å². The molecule has 6 nitrogen and oxygen atoms in total. The molecule has 0 unspecified atom stereocenters. The van der Waals surface area contributed by atoms with Gasteiger partial charge in [0.15, 0.2) is 11.4 Å². The lowest BCUT2D eigenvalue weighted by Gasteiger charge is -2.34. The van der Waals surface area contributed by atoms with Gasteiger partial charge in [-0.05, 0) is 24.8 Å². The fourth-order valence-corrected chi connectivity index (χ4v) is 3.53. The Morgan fingerprint density at radius 2 is 1.75 bits per heavy atom. The zero-order valence-corrected chi connectivity index (χ0v) is 15.4. The van der Waals surface area contributed by atoms with Crippen LogP contribution in [0.4, 0.5) is 13.2 Å². The van der Waals surface area contributed by atoms with Gasteiger partial charge >= 0.3 is 6.18 Å². The van der Waals surface area contributed by atoms with Gasteiger partial charge in [-0.3, -0.25) is 9.69 Å². The minimum absolute atomic E-state index is 0.291. The molecule has 2 aliphatic rings. The third kappa shape index (κ3) is 4.04. The summed E-state index contributed by atoms with van der Waals surface area (Å²) in [5.74, 6) is -0.679. The third-order valence-corrected chi connectivity index (χ3v) is 5.28. The van der Waals surface area contributed by atoms with Crippen LogP contribution in [-0.4, -0.2) is 63.4 Å². The van der Waals surface area contributed by atoms with Crippen LogP contribution in [0.5, 0.6) is 0 Å². The van der Waals surface area contributed by atoms with Crippen LogP contribution < -0.4 is 0 Å². The highest BCUT2D eigenvalue weighted by Gasteiger charge is 2.45. The number of nitrogens with zero attached hydrogens (tertiary/aromatic N) is 5. The van der Waals surface area contributed by atoms with E-state index >= 15 is 0 Å². The maximum atomic E-state index is 13.5. The molecular weight excluding hydrogens is 371 g/mol. The van der Waals surface area contributed by atoms with Gasteiger partial charge in [0.05, 0.1) is 6.04 Å². The first-order valence-electron chi connectivity index (χ1n) is 9.51. The van der Waals surface area contributed by atoms with E-state index in [0.29, 0.717) is 39.0 Å². The van der Waals surface area contributed by atoms with Crippen molar-refractivity contribution in [3.63, 3.8) is 0 Å². The smallest absolute Gasteiger partial charge is 0.335 e. The molecule has 0 bridgehead atoms. The lowest BCUT2D eigenvalue weighted by atomic mass is 10.1. The summed E-state index contributed by atoms with van der Waals surface area (Å²) in [5, 5.41) is 7.23. The molecule has 1 aliphatic heterocycles. The molecule has 1 saturated heterocycles. The normalized spacial score (nSPS) is 18.5. The average Bonchev–Trinajstić information content (AvgIpc) is 3.44. The van der Waals surface area contributed by atoms with E-state index in [1.807, 2.05) is 18.2 Å². The Balaban J connectivity index is 1.38. The molecule has 2 heterocycles. The molecule has 1 aliphatic carbocycles. The highest BCUT2D eigenvalue weighted by Crippen LogP contribution is 2.40. The lowest BCUT2D eigenvalue weighted by Crippen LogP contribution is -2.49. The molecule has 150 valence electrons. The summed E-state index contributed by atoms with van der Waals surface area (Å²) in [6, 6.07) is 9.82. The highest BCUT2D eigenvalue weighted by atomic mass is 19.4. The van der Waals surface area contributed by atoms with Gasteiger partial charge in [0, 0.05) is 32.7 Å². The van der Waals surface area contributed by atoms with Crippen molar-refractivity contribution < 1.29 is 18.0 Å². The van der Waals surface area contributed by atoms with E-state index in [1.54, 1.807) is 0 Å². The number of hydrogen-bond donors (Lipinski definition) is 0. The van der Waals surface area contributed by atoms with Crippen LogP contribution in [0.3, 0.4) is 0 Å². The van der Waals surface area contributed by atoms with Gasteiger partial charge in [0.25, 0.3) is 5.91 Å². The number of piperazine rings is 1. The number of alkyl halides is 3. The quantitative estimate of drug-likeness (QED) is 0.784. The number of amides is 1. The number of hydrogen-bond acceptors (Lipinski definition) is 4. The number of benzene rings is 1. The fraction of sp³-hybridized carbons (Fsp3) is 0.526. The molecule has 1 aromatic heterocycles. The molecule has 1 saturated carbocycles. The van der Waals surface area contributed by atoms with E-state index < -0.39 is 23.5 Å². The van der Waals surface area contributed by atoms with Crippen LogP contribution in [0.15, 0.2) is 30.3 Å². The summed E-state index contributed by atoms with van der Waals surface area (Å²) in [6.07, 6.45) is -2.46. The first kappa shape index (κ1) is 18.9.